The molecule has 0 bridgehead atoms. The van der Waals surface area contributed by atoms with Crippen molar-refractivity contribution in [2.75, 3.05) is 26.3 Å². The molecular formula is C13H19FN2O. The number of rotatable bonds is 3. The Labute approximate surface area is 101 Å². The van der Waals surface area contributed by atoms with Gasteiger partial charge in [-0.05, 0) is 29.7 Å². The van der Waals surface area contributed by atoms with E-state index in [1.165, 1.54) is 6.07 Å². The molecular weight excluding hydrogens is 219 g/mol. The Morgan fingerprint density at radius 1 is 1.18 bits per heavy atom. The maximum atomic E-state index is 13.4. The van der Waals surface area contributed by atoms with Crippen LogP contribution < -0.4 is 5.73 Å². The second kappa shape index (κ2) is 6.10. The Hall–Kier alpha value is -0.970. The first-order valence-electron chi connectivity index (χ1n) is 6.06. The molecule has 17 heavy (non-hydrogen) atoms. The molecule has 1 aromatic rings. The molecule has 1 aliphatic rings. The summed E-state index contributed by atoms with van der Waals surface area (Å²) in [7, 11) is 0. The van der Waals surface area contributed by atoms with Crippen molar-refractivity contribution in [1.29, 1.82) is 0 Å². The summed E-state index contributed by atoms with van der Waals surface area (Å²) in [6.45, 7) is 4.66. The zero-order valence-electron chi connectivity index (χ0n) is 9.99. The van der Waals surface area contributed by atoms with Crippen LogP contribution in [0, 0.1) is 5.82 Å². The summed E-state index contributed by atoms with van der Waals surface area (Å²) in [6, 6.07) is 5.06. The standard InChI is InChI=1S/C13H19FN2O/c14-13-7-11(9-15)6-12(8-13)10-16-2-1-4-17-5-3-16/h6-8H,1-5,9-10,15H2. The van der Waals surface area contributed by atoms with Crippen molar-refractivity contribution in [2.45, 2.75) is 19.5 Å². The van der Waals surface area contributed by atoms with E-state index in [0.29, 0.717) is 6.54 Å². The van der Waals surface area contributed by atoms with E-state index in [4.69, 9.17) is 10.5 Å². The van der Waals surface area contributed by atoms with Gasteiger partial charge in [0, 0.05) is 32.8 Å². The Bertz CT molecular complexity index is 362. The van der Waals surface area contributed by atoms with Crippen LogP contribution in [-0.4, -0.2) is 31.2 Å². The smallest absolute Gasteiger partial charge is 0.123 e. The number of hydrogen-bond donors (Lipinski definition) is 1. The van der Waals surface area contributed by atoms with E-state index in [-0.39, 0.29) is 5.82 Å². The molecule has 0 unspecified atom stereocenters. The summed E-state index contributed by atoms with van der Waals surface area (Å²) in [6.07, 6.45) is 1.04. The van der Waals surface area contributed by atoms with Gasteiger partial charge in [0.1, 0.15) is 5.82 Å². The lowest BCUT2D eigenvalue weighted by atomic mass is 10.1. The minimum Gasteiger partial charge on any atom is -0.380 e. The zero-order valence-corrected chi connectivity index (χ0v) is 9.99. The number of halogens is 1. The molecule has 4 heteroatoms. The minimum absolute atomic E-state index is 0.200. The van der Waals surface area contributed by atoms with Crippen molar-refractivity contribution in [3.05, 3.63) is 35.1 Å². The highest BCUT2D eigenvalue weighted by atomic mass is 19.1. The Morgan fingerprint density at radius 2 is 2.00 bits per heavy atom. The molecule has 0 saturated carbocycles. The van der Waals surface area contributed by atoms with Crippen LogP contribution in [0.5, 0.6) is 0 Å². The summed E-state index contributed by atoms with van der Waals surface area (Å²) >= 11 is 0. The van der Waals surface area contributed by atoms with Gasteiger partial charge in [0.05, 0.1) is 6.61 Å². The molecule has 0 spiro atoms. The van der Waals surface area contributed by atoms with Crippen molar-refractivity contribution >= 4 is 0 Å². The topological polar surface area (TPSA) is 38.5 Å². The number of nitrogens with two attached hydrogens (primary N) is 1. The van der Waals surface area contributed by atoms with Gasteiger partial charge in [0.25, 0.3) is 0 Å². The first-order chi connectivity index (χ1) is 8.28. The highest BCUT2D eigenvalue weighted by Gasteiger charge is 2.10. The van der Waals surface area contributed by atoms with Gasteiger partial charge in [-0.15, -0.1) is 0 Å². The van der Waals surface area contributed by atoms with Crippen molar-refractivity contribution in [1.82, 2.24) is 4.90 Å². The Balaban J connectivity index is 2.03. The molecule has 1 heterocycles. The van der Waals surface area contributed by atoms with E-state index in [1.807, 2.05) is 6.07 Å². The Morgan fingerprint density at radius 3 is 2.82 bits per heavy atom. The van der Waals surface area contributed by atoms with Crippen molar-refractivity contribution in [2.24, 2.45) is 5.73 Å². The number of benzene rings is 1. The normalized spacial score (nSPS) is 18.0. The monoisotopic (exact) mass is 238 g/mol. The number of hydrogen-bond acceptors (Lipinski definition) is 3. The van der Waals surface area contributed by atoms with Gasteiger partial charge in [-0.2, -0.15) is 0 Å². The maximum Gasteiger partial charge on any atom is 0.123 e. The first-order valence-corrected chi connectivity index (χ1v) is 6.06. The van der Waals surface area contributed by atoms with Gasteiger partial charge >= 0.3 is 0 Å². The first kappa shape index (κ1) is 12.5. The molecule has 2 N–H and O–H groups in total. The molecule has 0 radical (unpaired) electrons. The molecule has 94 valence electrons. The SMILES string of the molecule is NCc1cc(F)cc(CN2CCCOCC2)c1. The summed E-state index contributed by atoms with van der Waals surface area (Å²) in [5.74, 6) is -0.200. The van der Waals surface area contributed by atoms with Crippen LogP contribution in [0.3, 0.4) is 0 Å². The fourth-order valence-electron chi connectivity index (χ4n) is 2.14. The van der Waals surface area contributed by atoms with E-state index in [9.17, 15) is 4.39 Å². The third-order valence-electron chi connectivity index (χ3n) is 2.97. The maximum absolute atomic E-state index is 13.4. The van der Waals surface area contributed by atoms with Crippen LogP contribution in [0.4, 0.5) is 4.39 Å². The summed E-state index contributed by atoms with van der Waals surface area (Å²) in [4.78, 5) is 2.29. The highest BCUT2D eigenvalue weighted by molar-refractivity contribution is 5.24. The largest absolute Gasteiger partial charge is 0.380 e. The lowest BCUT2D eigenvalue weighted by molar-refractivity contribution is 0.140. The second-order valence-electron chi connectivity index (χ2n) is 4.41. The molecule has 0 aliphatic carbocycles. The molecule has 1 saturated heterocycles. The summed E-state index contributed by atoms with van der Waals surface area (Å²) in [5.41, 5.74) is 7.39. The van der Waals surface area contributed by atoms with Gasteiger partial charge < -0.3 is 10.5 Å². The van der Waals surface area contributed by atoms with E-state index in [1.54, 1.807) is 6.07 Å². The van der Waals surface area contributed by atoms with Gasteiger partial charge in [-0.3, -0.25) is 4.90 Å². The van der Waals surface area contributed by atoms with Crippen LogP contribution >= 0.6 is 0 Å². The average molecular weight is 238 g/mol. The zero-order chi connectivity index (χ0) is 12.1. The van der Waals surface area contributed by atoms with Crippen molar-refractivity contribution in [3.8, 4) is 0 Å². The number of ether oxygens (including phenoxy) is 1. The molecule has 2 rings (SSSR count). The van der Waals surface area contributed by atoms with Crippen LogP contribution in [0.2, 0.25) is 0 Å². The molecule has 1 aromatic carbocycles. The quantitative estimate of drug-likeness (QED) is 0.867. The molecule has 0 amide bonds. The molecule has 0 atom stereocenters. The molecule has 3 nitrogen and oxygen atoms in total. The van der Waals surface area contributed by atoms with Crippen molar-refractivity contribution in [3.63, 3.8) is 0 Å². The molecule has 1 fully saturated rings. The predicted molar refractivity (Wildman–Crippen MR) is 65.0 cm³/mol. The number of nitrogens with zero attached hydrogens (tertiary/aromatic N) is 1. The van der Waals surface area contributed by atoms with Crippen LogP contribution in [0.1, 0.15) is 17.5 Å². The van der Waals surface area contributed by atoms with Crippen LogP contribution in [-0.2, 0) is 17.8 Å². The van der Waals surface area contributed by atoms with Gasteiger partial charge in [-0.25, -0.2) is 4.39 Å². The van der Waals surface area contributed by atoms with Gasteiger partial charge in [0.15, 0.2) is 0 Å². The van der Waals surface area contributed by atoms with E-state index in [2.05, 4.69) is 4.90 Å². The average Bonchev–Trinajstić information content (AvgIpc) is 2.57. The lowest BCUT2D eigenvalue weighted by Crippen LogP contribution is -2.26. The molecule has 1 aliphatic heterocycles. The summed E-state index contributed by atoms with van der Waals surface area (Å²) in [5, 5.41) is 0. The molecule has 0 aromatic heterocycles. The summed E-state index contributed by atoms with van der Waals surface area (Å²) < 4.78 is 18.7. The highest BCUT2D eigenvalue weighted by Crippen LogP contribution is 2.12. The van der Waals surface area contributed by atoms with Gasteiger partial charge in [0.2, 0.25) is 0 Å². The minimum atomic E-state index is -0.200. The van der Waals surface area contributed by atoms with E-state index < -0.39 is 0 Å². The Kier molecular flexibility index (Phi) is 4.48. The lowest BCUT2D eigenvalue weighted by Gasteiger charge is -2.19. The third-order valence-corrected chi connectivity index (χ3v) is 2.97. The van der Waals surface area contributed by atoms with E-state index in [0.717, 1.165) is 50.4 Å². The third kappa shape index (κ3) is 3.77. The fraction of sp³-hybridized carbons (Fsp3) is 0.538. The van der Waals surface area contributed by atoms with Gasteiger partial charge in [-0.1, -0.05) is 6.07 Å². The van der Waals surface area contributed by atoms with Crippen LogP contribution in [0.25, 0.3) is 0 Å². The van der Waals surface area contributed by atoms with E-state index >= 15 is 0 Å². The van der Waals surface area contributed by atoms with Crippen LogP contribution in [0.15, 0.2) is 18.2 Å². The predicted octanol–water partition coefficient (Wildman–Crippen LogP) is 1.51. The fourth-order valence-corrected chi connectivity index (χ4v) is 2.14. The van der Waals surface area contributed by atoms with Crippen molar-refractivity contribution < 1.29 is 9.13 Å². The second-order valence-corrected chi connectivity index (χ2v) is 4.41.